The van der Waals surface area contributed by atoms with E-state index in [0.717, 1.165) is 19.3 Å². The Hall–Kier alpha value is -3.97. The van der Waals surface area contributed by atoms with E-state index < -0.39 is 0 Å². The van der Waals surface area contributed by atoms with Gasteiger partial charge in [-0.25, -0.2) is 0 Å². The maximum absolute atomic E-state index is 12.8. The Kier molecular flexibility index (Phi) is 7.34. The van der Waals surface area contributed by atoms with E-state index in [9.17, 15) is 9.59 Å². The molecule has 1 aromatic heterocycles. The number of anilines is 1. The molecule has 172 valence electrons. The molecule has 0 atom stereocenters. The third kappa shape index (κ3) is 5.68. The standard InChI is InChI=1S/C27H24N2O4S/c28-26(34)24-17-23(30)21-10-6-11-22(25(21)33-24)29-27(31)19-12-14-20(15-13-19)32-16-5-4-9-18-7-2-1-3-8-18/h1-3,6-8,10-15,17H,4-5,9,16H2,(H2,28,34)(H,29,31). The molecule has 4 aromatic rings. The topological polar surface area (TPSA) is 94.6 Å². The van der Waals surface area contributed by atoms with Crippen LogP contribution in [0.2, 0.25) is 0 Å². The van der Waals surface area contributed by atoms with Crippen molar-refractivity contribution in [3.05, 3.63) is 106 Å². The van der Waals surface area contributed by atoms with Crippen LogP contribution < -0.4 is 21.2 Å². The van der Waals surface area contributed by atoms with E-state index in [4.69, 9.17) is 27.1 Å². The molecule has 0 spiro atoms. The first kappa shape index (κ1) is 23.2. The van der Waals surface area contributed by atoms with Gasteiger partial charge in [-0.15, -0.1) is 0 Å². The van der Waals surface area contributed by atoms with E-state index in [1.807, 2.05) is 18.2 Å². The van der Waals surface area contributed by atoms with Gasteiger partial charge in [0, 0.05) is 11.6 Å². The molecule has 0 saturated carbocycles. The number of amides is 1. The van der Waals surface area contributed by atoms with Crippen LogP contribution >= 0.6 is 12.2 Å². The van der Waals surface area contributed by atoms with Gasteiger partial charge in [-0.3, -0.25) is 9.59 Å². The molecule has 0 unspecified atom stereocenters. The predicted octanol–water partition coefficient (Wildman–Crippen LogP) is 5.08. The molecule has 1 amide bonds. The van der Waals surface area contributed by atoms with Crippen LogP contribution in [0.25, 0.3) is 11.0 Å². The van der Waals surface area contributed by atoms with Crippen LogP contribution in [0.5, 0.6) is 5.75 Å². The highest BCUT2D eigenvalue weighted by Gasteiger charge is 2.13. The molecule has 3 N–H and O–H groups in total. The lowest BCUT2D eigenvalue weighted by molar-refractivity contribution is 0.102. The van der Waals surface area contributed by atoms with Gasteiger partial charge in [-0.2, -0.15) is 0 Å². The van der Waals surface area contributed by atoms with Gasteiger partial charge in [0.2, 0.25) is 0 Å². The van der Waals surface area contributed by atoms with Crippen molar-refractivity contribution in [3.63, 3.8) is 0 Å². The molecule has 4 rings (SSSR count). The van der Waals surface area contributed by atoms with Gasteiger partial charge in [-0.1, -0.05) is 48.6 Å². The summed E-state index contributed by atoms with van der Waals surface area (Å²) in [6.07, 6.45) is 3.01. The summed E-state index contributed by atoms with van der Waals surface area (Å²) in [5.74, 6) is 0.457. The number of hydrogen-bond acceptors (Lipinski definition) is 5. The van der Waals surface area contributed by atoms with E-state index in [1.54, 1.807) is 42.5 Å². The first-order valence-electron chi connectivity index (χ1n) is 11.0. The zero-order chi connectivity index (χ0) is 23.9. The van der Waals surface area contributed by atoms with E-state index in [-0.39, 0.29) is 27.7 Å². The van der Waals surface area contributed by atoms with Gasteiger partial charge in [-0.05, 0) is 61.2 Å². The third-order valence-electron chi connectivity index (χ3n) is 5.33. The maximum atomic E-state index is 12.8. The first-order valence-corrected chi connectivity index (χ1v) is 11.4. The van der Waals surface area contributed by atoms with Crippen LogP contribution in [0.15, 0.2) is 88.1 Å². The Balaban J connectivity index is 1.36. The fraction of sp³-hybridized carbons (Fsp3) is 0.148. The second kappa shape index (κ2) is 10.8. The van der Waals surface area contributed by atoms with Gasteiger partial charge in [0.05, 0.1) is 17.7 Å². The normalized spacial score (nSPS) is 10.7. The summed E-state index contributed by atoms with van der Waals surface area (Å²) in [5, 5.41) is 3.12. The molecule has 0 saturated heterocycles. The number of fused-ring (bicyclic) bond motifs is 1. The fourth-order valence-corrected chi connectivity index (χ4v) is 3.66. The number of benzene rings is 3. The van der Waals surface area contributed by atoms with Gasteiger partial charge in [0.25, 0.3) is 5.91 Å². The number of rotatable bonds is 9. The smallest absolute Gasteiger partial charge is 0.255 e. The Morgan fingerprint density at radius 3 is 2.47 bits per heavy atom. The third-order valence-corrected chi connectivity index (χ3v) is 5.53. The monoisotopic (exact) mass is 472 g/mol. The van der Waals surface area contributed by atoms with Gasteiger partial charge < -0.3 is 20.2 Å². The second-order valence-corrected chi connectivity index (χ2v) is 8.23. The Morgan fingerprint density at radius 2 is 1.74 bits per heavy atom. The zero-order valence-electron chi connectivity index (χ0n) is 18.5. The highest BCUT2D eigenvalue weighted by Crippen LogP contribution is 2.23. The van der Waals surface area contributed by atoms with Crippen molar-refractivity contribution < 1.29 is 13.9 Å². The van der Waals surface area contributed by atoms with E-state index in [2.05, 4.69) is 17.4 Å². The lowest BCUT2D eigenvalue weighted by Gasteiger charge is -2.10. The van der Waals surface area contributed by atoms with Crippen molar-refractivity contribution >= 4 is 39.8 Å². The van der Waals surface area contributed by atoms with Crippen molar-refractivity contribution in [2.24, 2.45) is 5.73 Å². The highest BCUT2D eigenvalue weighted by atomic mass is 32.1. The zero-order valence-corrected chi connectivity index (χ0v) is 19.3. The van der Waals surface area contributed by atoms with E-state index in [1.165, 1.54) is 11.6 Å². The van der Waals surface area contributed by atoms with Crippen LogP contribution in [0, 0.1) is 0 Å². The van der Waals surface area contributed by atoms with Crippen molar-refractivity contribution in [3.8, 4) is 5.75 Å². The highest BCUT2D eigenvalue weighted by molar-refractivity contribution is 7.80. The summed E-state index contributed by atoms with van der Waals surface area (Å²) >= 11 is 4.92. The second-order valence-electron chi connectivity index (χ2n) is 7.79. The van der Waals surface area contributed by atoms with E-state index in [0.29, 0.717) is 29.0 Å². The number of carbonyl (C=O) groups is 1. The molecule has 0 bridgehead atoms. The molecule has 3 aromatic carbocycles. The number of carbonyl (C=O) groups excluding carboxylic acids is 1. The van der Waals surface area contributed by atoms with Crippen LogP contribution in [0.4, 0.5) is 5.69 Å². The van der Waals surface area contributed by atoms with Gasteiger partial charge >= 0.3 is 0 Å². The van der Waals surface area contributed by atoms with Crippen LogP contribution in [0.1, 0.15) is 34.5 Å². The predicted molar refractivity (Wildman–Crippen MR) is 138 cm³/mol. The molecule has 34 heavy (non-hydrogen) atoms. The number of hydrogen-bond donors (Lipinski definition) is 2. The molecule has 0 aliphatic heterocycles. The Morgan fingerprint density at radius 1 is 0.971 bits per heavy atom. The molecule has 6 nitrogen and oxygen atoms in total. The Bertz CT molecular complexity index is 1370. The number of aryl methyl sites for hydroxylation is 1. The maximum Gasteiger partial charge on any atom is 0.255 e. The molecule has 0 aliphatic carbocycles. The SMILES string of the molecule is NC(=S)c1cc(=O)c2cccc(NC(=O)c3ccc(OCCCCc4ccccc4)cc3)c2o1. The Labute approximate surface area is 202 Å². The van der Waals surface area contributed by atoms with E-state index >= 15 is 0 Å². The summed E-state index contributed by atoms with van der Waals surface area (Å²) in [7, 11) is 0. The molecular weight excluding hydrogens is 448 g/mol. The van der Waals surface area contributed by atoms with Crippen molar-refractivity contribution in [1.29, 1.82) is 0 Å². The van der Waals surface area contributed by atoms with Crippen molar-refractivity contribution in [2.45, 2.75) is 19.3 Å². The van der Waals surface area contributed by atoms with Crippen molar-refractivity contribution in [2.75, 3.05) is 11.9 Å². The lowest BCUT2D eigenvalue weighted by atomic mass is 10.1. The summed E-state index contributed by atoms with van der Waals surface area (Å²) in [6.45, 7) is 0.610. The number of para-hydroxylation sites is 1. The summed E-state index contributed by atoms with van der Waals surface area (Å²) < 4.78 is 11.5. The van der Waals surface area contributed by atoms with Crippen LogP contribution in [-0.4, -0.2) is 17.5 Å². The van der Waals surface area contributed by atoms with Gasteiger partial charge in [0.15, 0.2) is 16.8 Å². The summed E-state index contributed by atoms with van der Waals surface area (Å²) in [5.41, 5.74) is 7.67. The average molecular weight is 473 g/mol. The average Bonchev–Trinajstić information content (AvgIpc) is 2.85. The minimum Gasteiger partial charge on any atom is -0.494 e. The summed E-state index contributed by atoms with van der Waals surface area (Å²) in [4.78, 5) is 25.1. The first-order chi connectivity index (χ1) is 16.5. The lowest BCUT2D eigenvalue weighted by Crippen LogP contribution is -2.15. The molecular formula is C27H24N2O4S. The minimum atomic E-state index is -0.342. The molecule has 0 aliphatic rings. The number of unbranched alkanes of at least 4 members (excludes halogenated alkanes) is 1. The largest absolute Gasteiger partial charge is 0.494 e. The quantitative estimate of drug-likeness (QED) is 0.261. The molecule has 7 heteroatoms. The fourth-order valence-electron chi connectivity index (χ4n) is 3.56. The molecule has 0 radical (unpaired) electrons. The number of nitrogens with two attached hydrogens (primary N) is 1. The number of ether oxygens (including phenoxy) is 1. The van der Waals surface area contributed by atoms with Gasteiger partial charge in [0.1, 0.15) is 10.7 Å². The molecule has 0 fully saturated rings. The summed E-state index contributed by atoms with van der Waals surface area (Å²) in [6, 6.07) is 23.5. The van der Waals surface area contributed by atoms with Crippen LogP contribution in [-0.2, 0) is 6.42 Å². The minimum absolute atomic E-state index is 0.0317. The van der Waals surface area contributed by atoms with Crippen molar-refractivity contribution in [1.82, 2.24) is 0 Å². The van der Waals surface area contributed by atoms with Crippen LogP contribution in [0.3, 0.4) is 0 Å². The number of thiocarbonyl (C=S) groups is 1. The molecule has 1 heterocycles. The number of nitrogens with one attached hydrogen (secondary N) is 1.